The van der Waals surface area contributed by atoms with E-state index in [1.807, 2.05) is 0 Å². The third-order valence-electron chi connectivity index (χ3n) is 1.96. The van der Waals surface area contributed by atoms with Gasteiger partial charge in [0.2, 0.25) is 0 Å². The van der Waals surface area contributed by atoms with Gasteiger partial charge in [0, 0.05) is 21.2 Å². The predicted molar refractivity (Wildman–Crippen MR) is 67.3 cm³/mol. The van der Waals surface area contributed by atoms with Crippen LogP contribution in [0.2, 0.25) is 0 Å². The minimum atomic E-state index is 0.431. The summed E-state index contributed by atoms with van der Waals surface area (Å²) in [6, 6.07) is 0. The summed E-state index contributed by atoms with van der Waals surface area (Å²) in [5.41, 5.74) is 0. The van der Waals surface area contributed by atoms with Crippen molar-refractivity contribution in [1.82, 2.24) is 0 Å². The Morgan fingerprint density at radius 2 is 2.07 bits per heavy atom. The summed E-state index contributed by atoms with van der Waals surface area (Å²) in [5, 5.41) is 0. The van der Waals surface area contributed by atoms with E-state index in [-0.39, 0.29) is 0 Å². The molecule has 84 valence electrons. The van der Waals surface area contributed by atoms with E-state index in [0.29, 0.717) is 19.2 Å². The minimum absolute atomic E-state index is 0.431. The van der Waals surface area contributed by atoms with E-state index in [4.69, 9.17) is 4.18 Å². The van der Waals surface area contributed by atoms with Gasteiger partial charge >= 0.3 is 0 Å². The Hall–Kier alpha value is 0.510. The Bertz CT molecular complexity index is 126. The van der Waals surface area contributed by atoms with Crippen LogP contribution in [0, 0.1) is 0 Å². The second-order valence-electron chi connectivity index (χ2n) is 2.97. The topological polar surface area (TPSA) is 35.5 Å². The van der Waals surface area contributed by atoms with Gasteiger partial charge in [0.15, 0.2) is 0 Å². The molecule has 5 heteroatoms. The molecule has 0 N–H and O–H groups in total. The van der Waals surface area contributed by atoms with Crippen molar-refractivity contribution in [2.75, 3.05) is 6.61 Å². The summed E-state index contributed by atoms with van der Waals surface area (Å²) >= 11 is 2.18. The zero-order chi connectivity index (χ0) is 10.6. The highest BCUT2D eigenvalue weighted by Gasteiger charge is 2.12. The lowest BCUT2D eigenvalue weighted by molar-refractivity contribution is -0.128. The van der Waals surface area contributed by atoms with Gasteiger partial charge in [-0.3, -0.25) is 4.79 Å². The van der Waals surface area contributed by atoms with E-state index in [1.165, 1.54) is 41.3 Å². The van der Waals surface area contributed by atoms with Crippen molar-refractivity contribution < 1.29 is 13.7 Å². The monoisotopic (exact) mass is 332 g/mol. The summed E-state index contributed by atoms with van der Waals surface area (Å²) in [4.78, 5) is 9.18. The molecule has 0 radical (unpaired) electrons. The van der Waals surface area contributed by atoms with E-state index in [2.05, 4.69) is 25.9 Å². The van der Waals surface area contributed by atoms with Crippen LogP contribution in [0.4, 0.5) is 0 Å². The first-order chi connectivity index (χ1) is 6.85. The van der Waals surface area contributed by atoms with Crippen LogP contribution in [0.1, 0.15) is 39.0 Å². The maximum atomic E-state index is 9.18. The van der Waals surface area contributed by atoms with Crippen LogP contribution in [-0.4, -0.2) is 19.2 Å². The first kappa shape index (κ1) is 14.5. The van der Waals surface area contributed by atoms with Gasteiger partial charge in [-0.05, 0) is 19.8 Å². The maximum Gasteiger partial charge on any atom is 0.293 e. The normalized spacial score (nSPS) is 16.7. The second-order valence-corrected chi connectivity index (χ2v) is 4.37. The van der Waals surface area contributed by atoms with Crippen LogP contribution in [0.15, 0.2) is 0 Å². The van der Waals surface area contributed by atoms with Gasteiger partial charge in [0.05, 0.1) is 21.9 Å². The molecule has 1 rings (SSSR count). The standard InChI is InChI=1S/C6H11IOS.C3H6O2/c7-9-8-6-4-2-1-3-5-6;1-2-5-3-4/h6H,1-5H2;3H,2H2,1H3. The summed E-state index contributed by atoms with van der Waals surface area (Å²) in [7, 11) is 1.48. The van der Waals surface area contributed by atoms with E-state index >= 15 is 0 Å². The molecular weight excluding hydrogens is 315 g/mol. The molecule has 0 amide bonds. The van der Waals surface area contributed by atoms with Crippen molar-refractivity contribution in [3.8, 4) is 0 Å². The Morgan fingerprint density at radius 1 is 1.43 bits per heavy atom. The number of rotatable bonds is 4. The quantitative estimate of drug-likeness (QED) is 0.448. The Labute approximate surface area is 102 Å². The van der Waals surface area contributed by atoms with Crippen LogP contribution in [-0.2, 0) is 13.7 Å². The van der Waals surface area contributed by atoms with Gasteiger partial charge in [0.1, 0.15) is 0 Å². The van der Waals surface area contributed by atoms with Crippen LogP contribution in [0.25, 0.3) is 0 Å². The van der Waals surface area contributed by atoms with Crippen LogP contribution < -0.4 is 0 Å². The largest absolute Gasteiger partial charge is 0.468 e. The molecule has 1 aliphatic rings. The molecule has 0 aromatic heterocycles. The molecule has 0 atom stereocenters. The molecule has 0 unspecified atom stereocenters. The average Bonchev–Trinajstić information content (AvgIpc) is 2.22. The molecular formula is C9H17IO3S. The lowest BCUT2D eigenvalue weighted by Crippen LogP contribution is -2.12. The zero-order valence-corrected chi connectivity index (χ0v) is 11.4. The van der Waals surface area contributed by atoms with Crippen molar-refractivity contribution in [1.29, 1.82) is 0 Å². The molecule has 14 heavy (non-hydrogen) atoms. The van der Waals surface area contributed by atoms with Crippen LogP contribution in [0.3, 0.4) is 0 Å². The fraction of sp³-hybridized carbons (Fsp3) is 0.889. The molecule has 0 aliphatic heterocycles. The van der Waals surface area contributed by atoms with Crippen molar-refractivity contribution in [2.24, 2.45) is 0 Å². The number of carbonyl (C=O) groups is 1. The van der Waals surface area contributed by atoms with Gasteiger partial charge in [-0.25, -0.2) is 0 Å². The minimum Gasteiger partial charge on any atom is -0.468 e. The van der Waals surface area contributed by atoms with Gasteiger partial charge < -0.3 is 8.92 Å². The predicted octanol–water partition coefficient (Wildman–Crippen LogP) is 3.51. The summed E-state index contributed by atoms with van der Waals surface area (Å²) in [5.74, 6) is 0. The maximum absolute atomic E-state index is 9.18. The highest BCUT2D eigenvalue weighted by Crippen LogP contribution is 2.26. The number of carbonyl (C=O) groups excluding carboxylic acids is 1. The number of halogens is 1. The molecule has 0 aromatic rings. The van der Waals surface area contributed by atoms with Gasteiger partial charge in [-0.2, -0.15) is 0 Å². The molecule has 0 spiro atoms. The van der Waals surface area contributed by atoms with E-state index < -0.39 is 0 Å². The van der Waals surface area contributed by atoms with E-state index in [0.717, 1.165) is 0 Å². The molecule has 0 bridgehead atoms. The van der Waals surface area contributed by atoms with Gasteiger partial charge in [0.25, 0.3) is 6.47 Å². The molecule has 1 saturated carbocycles. The Morgan fingerprint density at radius 3 is 2.43 bits per heavy atom. The highest BCUT2D eigenvalue weighted by molar-refractivity contribution is 14.2. The second kappa shape index (κ2) is 11.6. The number of hydrogen-bond donors (Lipinski definition) is 0. The van der Waals surface area contributed by atoms with Crippen LogP contribution in [0.5, 0.6) is 0 Å². The molecule has 1 aliphatic carbocycles. The third kappa shape index (κ3) is 9.08. The smallest absolute Gasteiger partial charge is 0.293 e. The fourth-order valence-electron chi connectivity index (χ4n) is 1.28. The molecule has 3 nitrogen and oxygen atoms in total. The van der Waals surface area contributed by atoms with Crippen molar-refractivity contribution >= 4 is 36.9 Å². The Kier molecular flexibility index (Phi) is 12.0. The Balaban J connectivity index is 0.000000292. The zero-order valence-electron chi connectivity index (χ0n) is 8.41. The van der Waals surface area contributed by atoms with Crippen molar-refractivity contribution in [3.05, 3.63) is 0 Å². The van der Waals surface area contributed by atoms with E-state index in [1.54, 1.807) is 6.92 Å². The molecule has 0 heterocycles. The van der Waals surface area contributed by atoms with Crippen molar-refractivity contribution in [2.45, 2.75) is 45.1 Å². The number of hydrogen-bond acceptors (Lipinski definition) is 4. The SMILES string of the molecule is CCOC=O.ISOC1CCCCC1. The molecule has 0 saturated heterocycles. The van der Waals surface area contributed by atoms with E-state index in [9.17, 15) is 4.79 Å². The average molecular weight is 332 g/mol. The summed E-state index contributed by atoms with van der Waals surface area (Å²) in [6.07, 6.45) is 7.24. The van der Waals surface area contributed by atoms with Crippen molar-refractivity contribution in [3.63, 3.8) is 0 Å². The first-order valence-corrected chi connectivity index (χ1v) is 8.12. The number of ether oxygens (including phenoxy) is 1. The fourth-order valence-corrected chi connectivity index (χ4v) is 2.46. The highest BCUT2D eigenvalue weighted by atomic mass is 127. The lowest BCUT2D eigenvalue weighted by Gasteiger charge is -2.19. The molecule has 0 aromatic carbocycles. The van der Waals surface area contributed by atoms with Gasteiger partial charge in [-0.1, -0.05) is 19.3 Å². The summed E-state index contributed by atoms with van der Waals surface area (Å²) in [6.45, 7) is 2.66. The lowest BCUT2D eigenvalue weighted by atomic mass is 9.98. The van der Waals surface area contributed by atoms with Gasteiger partial charge in [-0.15, -0.1) is 0 Å². The van der Waals surface area contributed by atoms with Crippen LogP contribution >= 0.6 is 30.4 Å². The first-order valence-electron chi connectivity index (χ1n) is 4.84. The summed E-state index contributed by atoms with van der Waals surface area (Å²) < 4.78 is 9.54. The molecule has 1 fully saturated rings. The third-order valence-corrected chi connectivity index (χ3v) is 2.93.